The lowest BCUT2D eigenvalue weighted by Gasteiger charge is -2.33. The molecule has 0 N–H and O–H groups in total. The van der Waals surface area contributed by atoms with Crippen molar-refractivity contribution >= 4 is 6.21 Å². The Labute approximate surface area is 129 Å². The van der Waals surface area contributed by atoms with Gasteiger partial charge in [-0.25, -0.2) is 0 Å². The second-order valence-electron chi connectivity index (χ2n) is 6.32. The molecule has 1 aliphatic carbocycles. The Kier molecular flexibility index (Phi) is 2.47. The summed E-state index contributed by atoms with van der Waals surface area (Å²) in [4.78, 5) is 0. The zero-order valence-corrected chi connectivity index (χ0v) is 12.2. The highest BCUT2D eigenvalue weighted by Crippen LogP contribution is 2.33. The van der Waals surface area contributed by atoms with Crippen molar-refractivity contribution in [1.29, 1.82) is 0 Å². The smallest absolute Gasteiger partial charge is 0.0902 e. The molecular formula is C18H16N4. The van der Waals surface area contributed by atoms with E-state index in [9.17, 15) is 0 Å². The molecule has 4 heteroatoms. The molecule has 0 bridgehead atoms. The molecule has 0 spiro atoms. The largest absolute Gasteiger partial charge is 0.264 e. The van der Waals surface area contributed by atoms with Gasteiger partial charge in [0.1, 0.15) is 0 Å². The van der Waals surface area contributed by atoms with Crippen molar-refractivity contribution in [1.82, 2.24) is 5.01 Å². The van der Waals surface area contributed by atoms with Gasteiger partial charge in [-0.1, -0.05) is 41.6 Å². The first-order valence-corrected chi connectivity index (χ1v) is 7.78. The maximum absolute atomic E-state index is 4.16. The van der Waals surface area contributed by atoms with Gasteiger partial charge < -0.3 is 0 Å². The van der Waals surface area contributed by atoms with E-state index in [-0.39, 0.29) is 6.04 Å². The maximum atomic E-state index is 4.16. The summed E-state index contributed by atoms with van der Waals surface area (Å²) in [6.07, 6.45) is 4.99. The van der Waals surface area contributed by atoms with Crippen LogP contribution in [-0.2, 0) is 25.8 Å². The molecule has 2 aromatic rings. The molecule has 0 saturated carbocycles. The Balaban J connectivity index is 1.56. The molecule has 108 valence electrons. The van der Waals surface area contributed by atoms with Crippen LogP contribution in [0.2, 0.25) is 0 Å². The van der Waals surface area contributed by atoms with Gasteiger partial charge in [0.25, 0.3) is 0 Å². The number of rotatable bonds is 0. The van der Waals surface area contributed by atoms with Gasteiger partial charge in [0.15, 0.2) is 0 Å². The topological polar surface area (TPSA) is 40.3 Å². The van der Waals surface area contributed by atoms with Crippen molar-refractivity contribution in [2.24, 2.45) is 15.5 Å². The number of nitrogens with zero attached hydrogens (tertiary/aromatic N) is 4. The van der Waals surface area contributed by atoms with Crippen LogP contribution >= 0.6 is 0 Å². The van der Waals surface area contributed by atoms with E-state index in [1.165, 1.54) is 33.4 Å². The van der Waals surface area contributed by atoms with Crippen LogP contribution in [0.5, 0.6) is 0 Å². The molecule has 0 aromatic heterocycles. The third kappa shape index (κ3) is 1.80. The number of fused-ring (bicyclic) bond motifs is 4. The summed E-state index contributed by atoms with van der Waals surface area (Å²) < 4.78 is 0. The minimum atomic E-state index is 0.263. The van der Waals surface area contributed by atoms with Crippen molar-refractivity contribution in [3.63, 3.8) is 0 Å². The van der Waals surface area contributed by atoms with Crippen molar-refractivity contribution in [2.75, 3.05) is 0 Å². The van der Waals surface area contributed by atoms with Crippen LogP contribution in [-0.4, -0.2) is 17.3 Å². The van der Waals surface area contributed by atoms with Gasteiger partial charge in [-0.3, -0.25) is 5.01 Å². The zero-order chi connectivity index (χ0) is 14.5. The third-order valence-corrected chi connectivity index (χ3v) is 4.99. The van der Waals surface area contributed by atoms with Gasteiger partial charge in [-0.15, -0.1) is 5.10 Å². The fourth-order valence-electron chi connectivity index (χ4n) is 3.80. The minimum Gasteiger partial charge on any atom is -0.264 e. The number of benzene rings is 2. The van der Waals surface area contributed by atoms with E-state index in [1.807, 2.05) is 11.2 Å². The Hall–Kier alpha value is -2.49. The second-order valence-corrected chi connectivity index (χ2v) is 6.32. The average Bonchev–Trinajstić information content (AvgIpc) is 2.56. The summed E-state index contributed by atoms with van der Waals surface area (Å²) in [5.41, 5.74) is 8.74. The van der Waals surface area contributed by atoms with Crippen LogP contribution < -0.4 is 0 Å². The van der Waals surface area contributed by atoms with Crippen molar-refractivity contribution in [3.8, 4) is 0 Å². The summed E-state index contributed by atoms with van der Waals surface area (Å²) in [7, 11) is 0. The predicted octanol–water partition coefficient (Wildman–Crippen LogP) is 3.27. The van der Waals surface area contributed by atoms with Crippen LogP contribution in [0.3, 0.4) is 0 Å². The summed E-state index contributed by atoms with van der Waals surface area (Å²) in [6, 6.07) is 13.9. The Morgan fingerprint density at radius 2 is 1.59 bits per heavy atom. The minimum absolute atomic E-state index is 0.263. The quantitative estimate of drug-likeness (QED) is 0.626. The highest BCUT2D eigenvalue weighted by atomic mass is 15.6. The van der Waals surface area contributed by atoms with Crippen LogP contribution in [0.15, 0.2) is 51.9 Å². The third-order valence-electron chi connectivity index (χ3n) is 4.99. The van der Waals surface area contributed by atoms with Crippen molar-refractivity contribution in [2.45, 2.75) is 31.8 Å². The molecule has 0 radical (unpaired) electrons. The molecule has 2 aliphatic heterocycles. The summed E-state index contributed by atoms with van der Waals surface area (Å²) in [6.45, 7) is 0.838. The van der Waals surface area contributed by atoms with E-state index in [2.05, 4.69) is 51.9 Å². The van der Waals surface area contributed by atoms with Gasteiger partial charge in [-0.05, 0) is 57.9 Å². The second kappa shape index (κ2) is 4.50. The fraction of sp³-hybridized carbons (Fsp3) is 0.278. The highest BCUT2D eigenvalue weighted by Gasteiger charge is 2.27. The normalized spacial score (nSPS) is 20.9. The predicted molar refractivity (Wildman–Crippen MR) is 84.9 cm³/mol. The molecule has 0 saturated heterocycles. The summed E-state index contributed by atoms with van der Waals surface area (Å²) >= 11 is 0. The van der Waals surface area contributed by atoms with Gasteiger partial charge in [0.05, 0.1) is 18.8 Å². The summed E-state index contributed by atoms with van der Waals surface area (Å²) in [5.74, 6) is 0. The molecule has 4 nitrogen and oxygen atoms in total. The van der Waals surface area contributed by atoms with Crippen molar-refractivity contribution < 1.29 is 0 Å². The lowest BCUT2D eigenvalue weighted by atomic mass is 9.82. The zero-order valence-electron chi connectivity index (χ0n) is 12.2. The molecule has 2 heterocycles. The molecular weight excluding hydrogens is 272 g/mol. The van der Waals surface area contributed by atoms with Crippen molar-refractivity contribution in [3.05, 3.63) is 69.8 Å². The van der Waals surface area contributed by atoms with Crippen LogP contribution in [0.1, 0.15) is 33.4 Å². The molecule has 3 aliphatic rings. The van der Waals surface area contributed by atoms with E-state index < -0.39 is 0 Å². The van der Waals surface area contributed by atoms with E-state index in [4.69, 9.17) is 0 Å². The lowest BCUT2D eigenvalue weighted by Crippen LogP contribution is -2.39. The van der Waals surface area contributed by atoms with E-state index >= 15 is 0 Å². The molecule has 2 aromatic carbocycles. The first kappa shape index (κ1) is 12.1. The van der Waals surface area contributed by atoms with Gasteiger partial charge >= 0.3 is 0 Å². The maximum Gasteiger partial charge on any atom is 0.0902 e. The first-order chi connectivity index (χ1) is 10.9. The first-order valence-electron chi connectivity index (χ1n) is 7.78. The fourth-order valence-corrected chi connectivity index (χ4v) is 3.80. The lowest BCUT2D eigenvalue weighted by molar-refractivity contribution is 0.203. The van der Waals surface area contributed by atoms with Crippen LogP contribution in [0, 0.1) is 0 Å². The molecule has 0 fully saturated rings. The molecule has 1 unspecified atom stereocenters. The van der Waals surface area contributed by atoms with Crippen LogP contribution in [0.4, 0.5) is 0 Å². The van der Waals surface area contributed by atoms with Gasteiger partial charge in [0.2, 0.25) is 0 Å². The molecule has 0 amide bonds. The van der Waals surface area contributed by atoms with E-state index in [0.29, 0.717) is 0 Å². The van der Waals surface area contributed by atoms with Gasteiger partial charge in [0, 0.05) is 0 Å². The summed E-state index contributed by atoms with van der Waals surface area (Å²) in [5, 5.41) is 13.9. The SMILES string of the molecule is C1=NN=NN2Cc3cc4c(cc3CC12)Cc1ccccc1C4. The number of hydrogen-bond acceptors (Lipinski definition) is 4. The Morgan fingerprint density at radius 1 is 0.864 bits per heavy atom. The monoisotopic (exact) mass is 288 g/mol. The molecule has 22 heavy (non-hydrogen) atoms. The van der Waals surface area contributed by atoms with E-state index in [0.717, 1.165) is 25.8 Å². The molecule has 1 atom stereocenters. The highest BCUT2D eigenvalue weighted by molar-refractivity contribution is 5.66. The standard InChI is InChI=1S/C18H16N4/c1-2-4-13-6-15-8-17-11-22-18(10-19-20-21-22)9-16(17)7-14(15)5-12(13)3-1/h1-4,7-8,10,18H,5-6,9,11H2. The Morgan fingerprint density at radius 3 is 2.36 bits per heavy atom. The van der Waals surface area contributed by atoms with Gasteiger partial charge in [-0.2, -0.15) is 0 Å². The van der Waals surface area contributed by atoms with E-state index in [1.54, 1.807) is 0 Å². The molecule has 5 rings (SSSR count). The number of hydrogen-bond donors (Lipinski definition) is 0. The van der Waals surface area contributed by atoms with Crippen LogP contribution in [0.25, 0.3) is 0 Å². The Bertz CT molecular complexity index is 754. The average molecular weight is 288 g/mol.